The average Bonchev–Trinajstić information content (AvgIpc) is 2.72. The average molecular weight is 491 g/mol. The van der Waals surface area contributed by atoms with E-state index in [0.717, 1.165) is 44.5 Å². The van der Waals surface area contributed by atoms with Crippen LogP contribution in [-0.4, -0.2) is 55.6 Å². The summed E-state index contributed by atoms with van der Waals surface area (Å²) in [6.07, 6.45) is 5.70. The Kier molecular flexibility index (Phi) is 7.15. The van der Waals surface area contributed by atoms with Crippen LogP contribution in [-0.2, 0) is 5.41 Å². The number of nitrogens with zero attached hydrogens (tertiary/aromatic N) is 4. The molecule has 1 aromatic heterocycles. The van der Waals surface area contributed by atoms with Crippen LogP contribution in [0.25, 0.3) is 0 Å². The summed E-state index contributed by atoms with van der Waals surface area (Å²) in [5, 5.41) is 3.68. The first kappa shape index (κ1) is 20.9. The molecule has 28 heavy (non-hydrogen) atoms. The van der Waals surface area contributed by atoms with Crippen molar-refractivity contribution in [1.29, 1.82) is 0 Å². The zero-order valence-corrected chi connectivity index (χ0v) is 18.9. The number of hydrogen-bond donors (Lipinski definition) is 1. The molecular formula is C22H30IN5. The lowest BCUT2D eigenvalue weighted by atomic mass is 9.64. The van der Waals surface area contributed by atoms with Crippen molar-refractivity contribution in [1.82, 2.24) is 15.2 Å². The van der Waals surface area contributed by atoms with Crippen LogP contribution in [0.4, 0.5) is 5.82 Å². The number of aliphatic imine (C=N–C) groups is 1. The molecule has 2 aliphatic rings. The Balaban J connectivity index is 0.00000225. The predicted molar refractivity (Wildman–Crippen MR) is 127 cm³/mol. The first-order valence-electron chi connectivity index (χ1n) is 9.98. The van der Waals surface area contributed by atoms with Crippen LogP contribution in [0.2, 0.25) is 0 Å². The van der Waals surface area contributed by atoms with Crippen molar-refractivity contribution in [2.45, 2.75) is 24.7 Å². The minimum Gasteiger partial charge on any atom is -0.355 e. The summed E-state index contributed by atoms with van der Waals surface area (Å²) in [5.74, 6) is 2.09. The summed E-state index contributed by atoms with van der Waals surface area (Å²) in [7, 11) is 1.89. The summed E-state index contributed by atoms with van der Waals surface area (Å²) in [5.41, 5.74) is 1.73. The number of rotatable bonds is 4. The lowest BCUT2D eigenvalue weighted by Gasteiger charge is -2.44. The Bertz CT molecular complexity index is 753. The Labute approximate surface area is 185 Å². The molecule has 2 fully saturated rings. The smallest absolute Gasteiger partial charge is 0.193 e. The van der Waals surface area contributed by atoms with Crippen LogP contribution in [0.3, 0.4) is 0 Å². The second-order valence-electron chi connectivity index (χ2n) is 7.56. The Morgan fingerprint density at radius 2 is 1.75 bits per heavy atom. The maximum Gasteiger partial charge on any atom is 0.193 e. The highest BCUT2D eigenvalue weighted by atomic mass is 127. The maximum absolute atomic E-state index is 4.56. The molecule has 150 valence electrons. The predicted octanol–water partition coefficient (Wildman–Crippen LogP) is 3.52. The molecule has 0 bridgehead atoms. The van der Waals surface area contributed by atoms with Crippen LogP contribution in [0.1, 0.15) is 24.8 Å². The summed E-state index contributed by atoms with van der Waals surface area (Å²) in [4.78, 5) is 13.8. The number of halogens is 1. The van der Waals surface area contributed by atoms with Gasteiger partial charge in [0, 0.05) is 51.4 Å². The third kappa shape index (κ3) is 4.42. The highest BCUT2D eigenvalue weighted by Crippen LogP contribution is 2.43. The highest BCUT2D eigenvalue weighted by Gasteiger charge is 2.38. The van der Waals surface area contributed by atoms with E-state index in [1.54, 1.807) is 0 Å². The van der Waals surface area contributed by atoms with E-state index in [0.29, 0.717) is 0 Å². The molecule has 1 saturated carbocycles. The minimum atomic E-state index is 0. The standard InChI is InChI=1S/C22H29N5.HI/c1-23-21(25-18-22(11-7-12-22)19-8-3-2-4-9-19)27-16-14-26(15-17-27)20-10-5-6-13-24-20;/h2-6,8-10,13H,7,11-12,14-18H2,1H3,(H,23,25);1H. The maximum atomic E-state index is 4.56. The monoisotopic (exact) mass is 491 g/mol. The Morgan fingerprint density at radius 1 is 1.04 bits per heavy atom. The molecule has 0 radical (unpaired) electrons. The second-order valence-corrected chi connectivity index (χ2v) is 7.56. The van der Waals surface area contributed by atoms with Gasteiger partial charge in [0.1, 0.15) is 5.82 Å². The van der Waals surface area contributed by atoms with E-state index >= 15 is 0 Å². The molecule has 0 amide bonds. The molecule has 1 aliphatic heterocycles. The molecule has 1 aliphatic carbocycles. The third-order valence-electron chi connectivity index (χ3n) is 6.05. The van der Waals surface area contributed by atoms with Gasteiger partial charge in [-0.25, -0.2) is 4.98 Å². The number of piperazine rings is 1. The molecule has 2 aromatic rings. The highest BCUT2D eigenvalue weighted by molar-refractivity contribution is 14.0. The molecule has 2 heterocycles. The van der Waals surface area contributed by atoms with E-state index in [9.17, 15) is 0 Å². The van der Waals surface area contributed by atoms with E-state index in [4.69, 9.17) is 0 Å². The van der Waals surface area contributed by atoms with Crippen molar-refractivity contribution >= 4 is 35.8 Å². The molecule has 6 heteroatoms. The van der Waals surface area contributed by atoms with Gasteiger partial charge in [0.15, 0.2) is 5.96 Å². The summed E-state index contributed by atoms with van der Waals surface area (Å²) >= 11 is 0. The molecule has 0 spiro atoms. The van der Waals surface area contributed by atoms with Crippen molar-refractivity contribution < 1.29 is 0 Å². The number of pyridine rings is 1. The number of benzene rings is 1. The first-order valence-corrected chi connectivity index (χ1v) is 9.98. The fraction of sp³-hybridized carbons (Fsp3) is 0.455. The van der Waals surface area contributed by atoms with E-state index < -0.39 is 0 Å². The lowest BCUT2D eigenvalue weighted by Crippen LogP contribution is -2.55. The topological polar surface area (TPSA) is 43.8 Å². The molecule has 1 N–H and O–H groups in total. The van der Waals surface area contributed by atoms with Gasteiger partial charge in [-0.2, -0.15) is 0 Å². The Morgan fingerprint density at radius 3 is 2.32 bits per heavy atom. The summed E-state index contributed by atoms with van der Waals surface area (Å²) < 4.78 is 0. The lowest BCUT2D eigenvalue weighted by molar-refractivity contribution is 0.240. The number of guanidine groups is 1. The zero-order chi connectivity index (χ0) is 18.5. The summed E-state index contributed by atoms with van der Waals surface area (Å²) in [6, 6.07) is 17.1. The molecular weight excluding hydrogens is 461 g/mol. The fourth-order valence-electron chi connectivity index (χ4n) is 4.23. The molecule has 0 unspecified atom stereocenters. The molecule has 0 atom stereocenters. The van der Waals surface area contributed by atoms with Crippen molar-refractivity contribution in [3.05, 3.63) is 60.3 Å². The molecule has 5 nitrogen and oxygen atoms in total. The normalized spacial score (nSPS) is 18.8. The number of hydrogen-bond acceptors (Lipinski definition) is 3. The SMILES string of the molecule is CN=C(NCC1(c2ccccc2)CCC1)N1CCN(c2ccccn2)CC1.I. The third-order valence-corrected chi connectivity index (χ3v) is 6.05. The van der Waals surface area contributed by atoms with Crippen LogP contribution < -0.4 is 10.2 Å². The van der Waals surface area contributed by atoms with Gasteiger partial charge in [0.25, 0.3) is 0 Å². The van der Waals surface area contributed by atoms with Gasteiger partial charge < -0.3 is 15.1 Å². The van der Waals surface area contributed by atoms with Gasteiger partial charge in [0.05, 0.1) is 0 Å². The molecule has 1 aromatic carbocycles. The summed E-state index contributed by atoms with van der Waals surface area (Å²) in [6.45, 7) is 4.84. The number of nitrogens with one attached hydrogen (secondary N) is 1. The van der Waals surface area contributed by atoms with E-state index in [1.807, 2.05) is 19.3 Å². The van der Waals surface area contributed by atoms with Crippen LogP contribution >= 0.6 is 24.0 Å². The van der Waals surface area contributed by atoms with Gasteiger partial charge in [-0.3, -0.25) is 4.99 Å². The van der Waals surface area contributed by atoms with Crippen molar-refractivity contribution in [2.24, 2.45) is 4.99 Å². The van der Waals surface area contributed by atoms with Gasteiger partial charge in [-0.15, -0.1) is 24.0 Å². The van der Waals surface area contributed by atoms with Gasteiger partial charge in [-0.1, -0.05) is 42.8 Å². The van der Waals surface area contributed by atoms with Crippen LogP contribution in [0.15, 0.2) is 59.7 Å². The molecule has 1 saturated heterocycles. The van der Waals surface area contributed by atoms with E-state index in [1.165, 1.54) is 24.8 Å². The zero-order valence-electron chi connectivity index (χ0n) is 16.6. The fourth-order valence-corrected chi connectivity index (χ4v) is 4.23. The van der Waals surface area contributed by atoms with Gasteiger partial charge in [-0.05, 0) is 30.5 Å². The quantitative estimate of drug-likeness (QED) is 0.404. The van der Waals surface area contributed by atoms with Crippen LogP contribution in [0.5, 0.6) is 0 Å². The van der Waals surface area contributed by atoms with Crippen molar-refractivity contribution in [3.63, 3.8) is 0 Å². The largest absolute Gasteiger partial charge is 0.355 e. The second kappa shape index (κ2) is 9.58. The Hall–Kier alpha value is -1.83. The molecule has 4 rings (SSSR count). The van der Waals surface area contributed by atoms with E-state index in [-0.39, 0.29) is 29.4 Å². The minimum absolute atomic E-state index is 0. The van der Waals surface area contributed by atoms with E-state index in [2.05, 4.69) is 67.6 Å². The van der Waals surface area contributed by atoms with Crippen molar-refractivity contribution in [3.8, 4) is 0 Å². The number of anilines is 1. The first-order chi connectivity index (χ1) is 13.3. The van der Waals surface area contributed by atoms with Gasteiger partial charge >= 0.3 is 0 Å². The van der Waals surface area contributed by atoms with Crippen molar-refractivity contribution in [2.75, 3.05) is 44.7 Å². The van der Waals surface area contributed by atoms with Crippen LogP contribution in [0, 0.1) is 0 Å². The van der Waals surface area contributed by atoms with Gasteiger partial charge in [0.2, 0.25) is 0 Å². The number of aromatic nitrogens is 1.